The highest BCUT2D eigenvalue weighted by Gasteiger charge is 2.26. The Morgan fingerprint density at radius 3 is 2.78 bits per heavy atom. The maximum absolute atomic E-state index is 11.2. The van der Waals surface area contributed by atoms with Crippen LogP contribution in [0, 0.1) is 5.92 Å². The van der Waals surface area contributed by atoms with Crippen LogP contribution in [0.2, 0.25) is 0 Å². The van der Waals surface area contributed by atoms with E-state index in [1.54, 1.807) is 0 Å². The molecular formula is C12H24N2O4. The van der Waals surface area contributed by atoms with Crippen molar-refractivity contribution in [1.82, 2.24) is 10.6 Å². The van der Waals surface area contributed by atoms with E-state index in [0.717, 1.165) is 12.8 Å². The van der Waals surface area contributed by atoms with Crippen molar-refractivity contribution in [3.05, 3.63) is 0 Å². The summed E-state index contributed by atoms with van der Waals surface area (Å²) >= 11 is 0. The molecule has 0 aliphatic carbocycles. The van der Waals surface area contributed by atoms with Crippen molar-refractivity contribution >= 4 is 6.09 Å². The third kappa shape index (κ3) is 5.20. The molecule has 0 radical (unpaired) electrons. The Labute approximate surface area is 108 Å². The number of hydrogen-bond acceptors (Lipinski definition) is 5. The Bertz CT molecular complexity index is 260. The number of methoxy groups -OCH3 is 1. The van der Waals surface area contributed by atoms with E-state index in [1.165, 1.54) is 7.11 Å². The van der Waals surface area contributed by atoms with Crippen LogP contribution in [-0.2, 0) is 9.47 Å². The second-order valence-corrected chi connectivity index (χ2v) is 5.03. The predicted molar refractivity (Wildman–Crippen MR) is 67.2 cm³/mol. The van der Waals surface area contributed by atoms with Crippen LogP contribution in [0.25, 0.3) is 0 Å². The fourth-order valence-electron chi connectivity index (χ4n) is 2.06. The van der Waals surface area contributed by atoms with Crippen molar-refractivity contribution in [3.8, 4) is 0 Å². The lowest BCUT2D eigenvalue weighted by molar-refractivity contribution is -0.0718. The zero-order chi connectivity index (χ0) is 13.5. The van der Waals surface area contributed by atoms with Gasteiger partial charge in [-0.3, -0.25) is 0 Å². The fraction of sp³-hybridized carbons (Fsp3) is 0.917. The van der Waals surface area contributed by atoms with Gasteiger partial charge in [0.2, 0.25) is 0 Å². The molecule has 18 heavy (non-hydrogen) atoms. The molecule has 6 heteroatoms. The summed E-state index contributed by atoms with van der Waals surface area (Å²) < 4.78 is 9.67. The summed E-state index contributed by atoms with van der Waals surface area (Å²) in [6.45, 7) is 5.36. The lowest BCUT2D eigenvalue weighted by Gasteiger charge is -2.23. The Balaban J connectivity index is 2.37. The largest absolute Gasteiger partial charge is 0.453 e. The highest BCUT2D eigenvalue weighted by atomic mass is 16.6. The molecule has 106 valence electrons. The maximum Gasteiger partial charge on any atom is 0.407 e. The van der Waals surface area contributed by atoms with Gasteiger partial charge in [-0.05, 0) is 18.8 Å². The molecule has 3 atom stereocenters. The zero-order valence-electron chi connectivity index (χ0n) is 11.3. The Hall–Kier alpha value is -0.850. The Morgan fingerprint density at radius 1 is 1.56 bits per heavy atom. The van der Waals surface area contributed by atoms with Gasteiger partial charge < -0.3 is 25.2 Å². The third-order valence-corrected chi connectivity index (χ3v) is 2.95. The molecule has 0 aromatic carbocycles. The number of ether oxygens (including phenoxy) is 2. The van der Waals surface area contributed by atoms with Crippen LogP contribution < -0.4 is 10.6 Å². The monoisotopic (exact) mass is 260 g/mol. The minimum Gasteiger partial charge on any atom is -0.453 e. The lowest BCUT2D eigenvalue weighted by atomic mass is 10.0. The van der Waals surface area contributed by atoms with Gasteiger partial charge in [0.1, 0.15) is 0 Å². The Kier molecular flexibility index (Phi) is 6.38. The van der Waals surface area contributed by atoms with Crippen LogP contribution in [0.1, 0.15) is 26.7 Å². The maximum atomic E-state index is 11.2. The van der Waals surface area contributed by atoms with Crippen molar-refractivity contribution in [2.24, 2.45) is 5.92 Å². The van der Waals surface area contributed by atoms with Gasteiger partial charge in [0, 0.05) is 12.6 Å². The summed E-state index contributed by atoms with van der Waals surface area (Å²) in [5.41, 5.74) is 0. The minimum atomic E-state index is -0.747. The molecule has 6 nitrogen and oxygen atoms in total. The third-order valence-electron chi connectivity index (χ3n) is 2.95. The number of aliphatic hydroxyl groups is 1. The summed E-state index contributed by atoms with van der Waals surface area (Å²) in [4.78, 5) is 11.2. The number of carbonyl (C=O) groups excluding carboxylic acids is 1. The average Bonchev–Trinajstić information content (AvgIpc) is 2.71. The van der Waals surface area contributed by atoms with E-state index < -0.39 is 12.4 Å². The second-order valence-electron chi connectivity index (χ2n) is 5.03. The molecule has 1 heterocycles. The fourth-order valence-corrected chi connectivity index (χ4v) is 2.06. The standard InChI is InChI=1S/C12H24N2O4/c1-8(2)6-9(14-12(16)17-3)7-13-10-4-5-18-11(10)15/h8-11,13,15H,4-7H2,1-3H3,(H,14,16)/t9-,10?,11?/m1/s1. The molecular weight excluding hydrogens is 236 g/mol. The highest BCUT2D eigenvalue weighted by molar-refractivity contribution is 5.67. The highest BCUT2D eigenvalue weighted by Crippen LogP contribution is 2.11. The topological polar surface area (TPSA) is 79.8 Å². The van der Waals surface area contributed by atoms with Gasteiger partial charge in [-0.25, -0.2) is 4.79 Å². The number of rotatable bonds is 6. The summed E-state index contributed by atoms with van der Waals surface area (Å²) in [5.74, 6) is 0.471. The lowest BCUT2D eigenvalue weighted by Crippen LogP contribution is -2.47. The number of aliphatic hydroxyl groups excluding tert-OH is 1. The van der Waals surface area contributed by atoms with E-state index in [1.807, 2.05) is 0 Å². The van der Waals surface area contributed by atoms with Crippen LogP contribution in [-0.4, -0.2) is 49.8 Å². The molecule has 1 aliphatic rings. The van der Waals surface area contributed by atoms with Gasteiger partial charge in [-0.1, -0.05) is 13.8 Å². The van der Waals surface area contributed by atoms with Crippen molar-refractivity contribution < 1.29 is 19.4 Å². The average molecular weight is 260 g/mol. The van der Waals surface area contributed by atoms with Crippen molar-refractivity contribution in [2.45, 2.75) is 45.1 Å². The SMILES string of the molecule is COC(=O)N[C@@H](CNC1CCOC1O)CC(C)C. The van der Waals surface area contributed by atoms with E-state index >= 15 is 0 Å². The molecule has 3 N–H and O–H groups in total. The molecule has 0 spiro atoms. The molecule has 1 rings (SSSR count). The van der Waals surface area contributed by atoms with Crippen molar-refractivity contribution in [2.75, 3.05) is 20.3 Å². The number of carbonyl (C=O) groups is 1. The number of hydrogen-bond donors (Lipinski definition) is 3. The van der Waals surface area contributed by atoms with E-state index in [0.29, 0.717) is 19.1 Å². The van der Waals surface area contributed by atoms with Gasteiger partial charge in [0.25, 0.3) is 0 Å². The molecule has 0 saturated carbocycles. The first-order chi connectivity index (χ1) is 8.52. The van der Waals surface area contributed by atoms with Gasteiger partial charge in [0.05, 0.1) is 19.8 Å². The first kappa shape index (κ1) is 15.2. The van der Waals surface area contributed by atoms with Gasteiger partial charge in [-0.15, -0.1) is 0 Å². The molecule has 2 unspecified atom stereocenters. The van der Waals surface area contributed by atoms with E-state index in [4.69, 9.17) is 4.74 Å². The van der Waals surface area contributed by atoms with Gasteiger partial charge in [0.15, 0.2) is 6.29 Å². The molecule has 0 aromatic heterocycles. The summed E-state index contributed by atoms with van der Waals surface area (Å²) in [5, 5.41) is 15.5. The van der Waals surface area contributed by atoms with Gasteiger partial charge in [-0.2, -0.15) is 0 Å². The second kappa shape index (κ2) is 7.56. The molecule has 0 bridgehead atoms. The smallest absolute Gasteiger partial charge is 0.407 e. The van der Waals surface area contributed by atoms with Crippen molar-refractivity contribution in [1.29, 1.82) is 0 Å². The number of alkyl carbamates (subject to hydrolysis) is 1. The zero-order valence-corrected chi connectivity index (χ0v) is 11.3. The minimum absolute atomic E-state index is 0.00903. The molecule has 1 saturated heterocycles. The van der Waals surface area contributed by atoms with Crippen LogP contribution in [0.4, 0.5) is 4.79 Å². The molecule has 0 aromatic rings. The first-order valence-corrected chi connectivity index (χ1v) is 6.40. The van der Waals surface area contributed by atoms with Crippen molar-refractivity contribution in [3.63, 3.8) is 0 Å². The van der Waals surface area contributed by atoms with Gasteiger partial charge >= 0.3 is 6.09 Å². The summed E-state index contributed by atoms with van der Waals surface area (Å²) in [7, 11) is 1.35. The number of amides is 1. The van der Waals surface area contributed by atoms with Crippen LogP contribution in [0.3, 0.4) is 0 Å². The summed E-state index contributed by atoms with van der Waals surface area (Å²) in [6.07, 6.45) is 0.466. The van der Waals surface area contributed by atoms with E-state index in [-0.39, 0.29) is 12.1 Å². The number of nitrogens with one attached hydrogen (secondary N) is 2. The van der Waals surface area contributed by atoms with E-state index in [2.05, 4.69) is 29.2 Å². The molecule has 1 amide bonds. The van der Waals surface area contributed by atoms with E-state index in [9.17, 15) is 9.90 Å². The van der Waals surface area contributed by atoms with Crippen LogP contribution >= 0.6 is 0 Å². The Morgan fingerprint density at radius 2 is 2.28 bits per heavy atom. The molecule has 1 fully saturated rings. The normalized spacial score (nSPS) is 25.2. The first-order valence-electron chi connectivity index (χ1n) is 6.40. The van der Waals surface area contributed by atoms with Crippen LogP contribution in [0.15, 0.2) is 0 Å². The van der Waals surface area contributed by atoms with Crippen LogP contribution in [0.5, 0.6) is 0 Å². The summed E-state index contributed by atoms with van der Waals surface area (Å²) in [6, 6.07) is -0.0654. The quantitative estimate of drug-likeness (QED) is 0.646. The molecule has 1 aliphatic heterocycles. The predicted octanol–water partition coefficient (Wildman–Crippen LogP) is 0.454.